The summed E-state index contributed by atoms with van der Waals surface area (Å²) >= 11 is 7.63. The van der Waals surface area contributed by atoms with Gasteiger partial charge in [0.15, 0.2) is 5.69 Å². The van der Waals surface area contributed by atoms with Crippen molar-refractivity contribution in [1.82, 2.24) is 4.57 Å². The van der Waals surface area contributed by atoms with Crippen LogP contribution in [0.15, 0.2) is 59.9 Å². The molecule has 2 nitrogen and oxygen atoms in total. The van der Waals surface area contributed by atoms with E-state index in [-0.39, 0.29) is 23.0 Å². The zero-order valence-electron chi connectivity index (χ0n) is 14.2. The summed E-state index contributed by atoms with van der Waals surface area (Å²) in [6, 6.07) is 13.1. The maximum atomic E-state index is 13.2. The average Bonchev–Trinajstić information content (AvgIpc) is 3.15. The van der Waals surface area contributed by atoms with E-state index < -0.39 is 11.7 Å². The molecule has 0 saturated carbocycles. The monoisotopic (exact) mass is 475 g/mol. The van der Waals surface area contributed by atoms with Crippen LogP contribution in [-0.4, -0.2) is 10.3 Å². The Kier molecular flexibility index (Phi) is 5.66. The van der Waals surface area contributed by atoms with Crippen molar-refractivity contribution < 1.29 is 17.7 Å². The third-order valence-electron chi connectivity index (χ3n) is 4.41. The van der Waals surface area contributed by atoms with Gasteiger partial charge < -0.3 is 0 Å². The van der Waals surface area contributed by atoms with Crippen LogP contribution in [0.4, 0.5) is 13.2 Å². The number of hydrogen-bond donors (Lipinski definition) is 0. The Labute approximate surface area is 174 Å². The topological polar surface area (TPSA) is 8.81 Å². The van der Waals surface area contributed by atoms with Crippen molar-refractivity contribution in [3.8, 4) is 16.9 Å². The lowest BCUT2D eigenvalue weighted by Crippen LogP contribution is -2.34. The van der Waals surface area contributed by atoms with E-state index in [0.29, 0.717) is 10.7 Å². The predicted octanol–water partition coefficient (Wildman–Crippen LogP) is 6.35. The molecule has 1 aliphatic heterocycles. The maximum Gasteiger partial charge on any atom is 0.416 e. The quantitative estimate of drug-likeness (QED) is 0.392. The number of benzene rings is 2. The second kappa shape index (κ2) is 7.53. The van der Waals surface area contributed by atoms with Gasteiger partial charge in [-0.1, -0.05) is 17.7 Å². The van der Waals surface area contributed by atoms with Crippen LogP contribution in [0.25, 0.3) is 16.9 Å². The number of rotatable bonds is 2. The van der Waals surface area contributed by atoms with E-state index in [1.54, 1.807) is 30.0 Å². The number of fused-ring (bicyclic) bond motifs is 1. The van der Waals surface area contributed by atoms with Gasteiger partial charge in [-0.25, -0.2) is 4.57 Å². The molecule has 0 radical (unpaired) electrons. The summed E-state index contributed by atoms with van der Waals surface area (Å²) in [5, 5.41) is 1.55. The molecule has 2 heterocycles. The Morgan fingerprint density at radius 2 is 1.85 bits per heavy atom. The number of nitrogens with zero attached hydrogens (tertiary/aromatic N) is 2. The minimum absolute atomic E-state index is 0. The first-order chi connectivity index (χ1) is 12.3. The Morgan fingerprint density at radius 1 is 1.15 bits per heavy atom. The zero-order valence-corrected chi connectivity index (χ0v) is 17.5. The first-order valence-corrected chi connectivity index (χ1v) is 9.44. The molecule has 0 spiro atoms. The molecular weight excluding hydrogens is 461 g/mol. The van der Waals surface area contributed by atoms with Gasteiger partial charge in [0.25, 0.3) is 0 Å². The lowest BCUT2D eigenvalue weighted by molar-refractivity contribution is -0.744. The second-order valence-corrected chi connectivity index (χ2v) is 7.68. The van der Waals surface area contributed by atoms with Gasteiger partial charge >= 0.3 is 11.3 Å². The molecule has 2 aromatic carbocycles. The Hall–Kier alpha value is -1.44. The second-order valence-electron chi connectivity index (χ2n) is 6.25. The van der Waals surface area contributed by atoms with Crippen molar-refractivity contribution in [2.24, 2.45) is 0 Å². The Balaban J connectivity index is 0.00000210. The smallest absolute Gasteiger partial charge is 0.220 e. The molecule has 4 rings (SSSR count). The average molecular weight is 477 g/mol. The summed E-state index contributed by atoms with van der Waals surface area (Å²) in [5.74, 6) is 0.898. The van der Waals surface area contributed by atoms with Gasteiger partial charge in [-0.2, -0.15) is 17.7 Å². The minimum Gasteiger partial charge on any atom is -0.220 e. The summed E-state index contributed by atoms with van der Waals surface area (Å²) in [7, 11) is 0. The minimum atomic E-state index is -4.37. The molecule has 0 saturated heterocycles. The summed E-state index contributed by atoms with van der Waals surface area (Å²) in [6.07, 6.45) is -2.37. The van der Waals surface area contributed by atoms with E-state index in [4.69, 9.17) is 11.6 Å². The van der Waals surface area contributed by atoms with E-state index >= 15 is 0 Å². The lowest BCUT2D eigenvalue weighted by atomic mass is 10.1. The molecule has 1 aromatic heterocycles. The maximum absolute atomic E-state index is 13.2. The fourth-order valence-corrected chi connectivity index (χ4v) is 4.48. The van der Waals surface area contributed by atoms with E-state index in [9.17, 15) is 13.2 Å². The van der Waals surface area contributed by atoms with Crippen molar-refractivity contribution in [2.75, 3.05) is 5.75 Å². The van der Waals surface area contributed by atoms with Gasteiger partial charge in [-0.05, 0) is 61.2 Å². The fourth-order valence-electron chi connectivity index (χ4n) is 3.09. The van der Waals surface area contributed by atoms with E-state index in [2.05, 4.69) is 11.5 Å². The molecule has 1 unspecified atom stereocenters. The fraction of sp³-hybridized carbons (Fsp3) is 0.211. The molecule has 3 aromatic rings. The van der Waals surface area contributed by atoms with Crippen LogP contribution in [0.3, 0.4) is 0 Å². The van der Waals surface area contributed by atoms with Gasteiger partial charge in [0.2, 0.25) is 0 Å². The van der Waals surface area contributed by atoms with E-state index in [0.717, 1.165) is 28.2 Å². The van der Waals surface area contributed by atoms with Crippen LogP contribution in [0, 0.1) is 0 Å². The van der Waals surface area contributed by atoms with Crippen LogP contribution in [-0.2, 0) is 6.18 Å². The normalized spacial score (nSPS) is 16.1. The molecule has 0 bridgehead atoms. The predicted molar refractivity (Wildman–Crippen MR) is 107 cm³/mol. The van der Waals surface area contributed by atoms with E-state index in [1.165, 1.54) is 12.1 Å². The molecule has 1 atom stereocenters. The molecule has 1 aliphatic rings. The number of imidazole rings is 1. The largest absolute Gasteiger partial charge is 0.416 e. The number of halogens is 5. The Bertz CT molecular complexity index is 970. The standard InChI is InChI=1S/C19H15ClF3N2S.BrH/c1-12-11-26-18-24(12)10-17(13-5-7-15(20)8-6-13)25(18)16-4-2-3-14(9-16)19(21,22)23;/h2-10,12H,11H2,1H3;1H/q+1;. The highest BCUT2D eigenvalue weighted by Gasteiger charge is 2.36. The molecule has 142 valence electrons. The zero-order chi connectivity index (χ0) is 18.5. The first kappa shape index (κ1) is 20.3. The summed E-state index contributed by atoms with van der Waals surface area (Å²) in [4.78, 5) is 0. The van der Waals surface area contributed by atoms with Crippen molar-refractivity contribution in [3.05, 3.63) is 65.3 Å². The third-order valence-corrected chi connectivity index (χ3v) is 5.97. The number of aromatic nitrogens is 2. The lowest BCUT2D eigenvalue weighted by Gasteiger charge is -2.09. The summed E-state index contributed by atoms with van der Waals surface area (Å²) in [6.45, 7) is 2.10. The summed E-state index contributed by atoms with van der Waals surface area (Å²) in [5.41, 5.74) is 1.59. The number of hydrogen-bond acceptors (Lipinski definition) is 1. The van der Waals surface area contributed by atoms with Crippen molar-refractivity contribution >= 4 is 40.3 Å². The van der Waals surface area contributed by atoms with Gasteiger partial charge in [-0.3, -0.25) is 0 Å². The molecule has 0 aliphatic carbocycles. The van der Waals surface area contributed by atoms with Gasteiger partial charge in [0.05, 0.1) is 5.56 Å². The van der Waals surface area contributed by atoms with Crippen molar-refractivity contribution in [1.29, 1.82) is 0 Å². The molecule has 8 heteroatoms. The van der Waals surface area contributed by atoms with Crippen LogP contribution in [0.2, 0.25) is 5.02 Å². The third kappa shape index (κ3) is 3.77. The highest BCUT2D eigenvalue weighted by Crippen LogP contribution is 2.36. The van der Waals surface area contributed by atoms with Crippen LogP contribution < -0.4 is 4.57 Å². The van der Waals surface area contributed by atoms with Crippen LogP contribution >= 0.6 is 40.3 Å². The van der Waals surface area contributed by atoms with Crippen LogP contribution in [0.5, 0.6) is 0 Å². The molecular formula is C19H16BrClF3N2S+. The molecule has 0 amide bonds. The molecule has 0 N–H and O–H groups in total. The summed E-state index contributed by atoms with van der Waals surface area (Å²) < 4.78 is 43.6. The number of thioether (sulfide) groups is 1. The first-order valence-electron chi connectivity index (χ1n) is 8.08. The highest BCUT2D eigenvalue weighted by atomic mass is 79.9. The van der Waals surface area contributed by atoms with Crippen molar-refractivity contribution in [2.45, 2.75) is 24.3 Å². The molecule has 27 heavy (non-hydrogen) atoms. The van der Waals surface area contributed by atoms with Crippen molar-refractivity contribution in [3.63, 3.8) is 0 Å². The van der Waals surface area contributed by atoms with Gasteiger partial charge in [0.1, 0.15) is 17.9 Å². The molecule has 0 fully saturated rings. The highest BCUT2D eigenvalue weighted by molar-refractivity contribution is 8.93. The Morgan fingerprint density at radius 3 is 2.52 bits per heavy atom. The van der Waals surface area contributed by atoms with E-state index in [1.807, 2.05) is 22.9 Å². The SMILES string of the molecule is Br.CC1CSc2n(-c3cccc(C(F)(F)F)c3)c(-c3ccc(Cl)cc3)c[n+]21. The van der Waals surface area contributed by atoms with Crippen LogP contribution in [0.1, 0.15) is 18.5 Å². The van der Waals surface area contributed by atoms with Gasteiger partial charge in [0, 0.05) is 16.3 Å². The van der Waals surface area contributed by atoms with Gasteiger partial charge in [-0.15, -0.1) is 17.0 Å². The number of alkyl halides is 3.